The molecule has 1 saturated carbocycles. The number of carboxylic acid groups (broad SMARTS) is 1. The Morgan fingerprint density at radius 1 is 1.50 bits per heavy atom. The fraction of sp³-hybridized carbons (Fsp3) is 0.500. The summed E-state index contributed by atoms with van der Waals surface area (Å²) in [6.07, 6.45) is 4.84. The number of aliphatic hydroxyl groups is 1. The lowest BCUT2D eigenvalue weighted by atomic mass is 9.87. The van der Waals surface area contributed by atoms with E-state index in [0.29, 0.717) is 12.0 Å². The Balaban J connectivity index is 2.15. The molecule has 16 heavy (non-hydrogen) atoms. The number of carboxylic acids is 1. The molecule has 4 heteroatoms. The van der Waals surface area contributed by atoms with Gasteiger partial charge in [-0.15, -0.1) is 0 Å². The molecule has 1 aromatic heterocycles. The maximum Gasteiger partial charge on any atom is 0.306 e. The van der Waals surface area contributed by atoms with Crippen LogP contribution < -0.4 is 0 Å². The first-order valence-corrected chi connectivity index (χ1v) is 5.51. The SMILES string of the molecule is O=C(O)C1CCCC1C(O)c1cccnc1. The lowest BCUT2D eigenvalue weighted by molar-refractivity contribution is -0.144. The number of aliphatic carboxylic acids is 1. The number of aromatic nitrogens is 1. The van der Waals surface area contributed by atoms with Crippen LogP contribution in [0.5, 0.6) is 0 Å². The number of hydrogen-bond acceptors (Lipinski definition) is 3. The monoisotopic (exact) mass is 221 g/mol. The molecule has 1 aliphatic rings. The van der Waals surface area contributed by atoms with Crippen molar-refractivity contribution >= 4 is 5.97 Å². The molecule has 0 spiro atoms. The topological polar surface area (TPSA) is 70.4 Å². The van der Waals surface area contributed by atoms with Crippen LogP contribution in [0, 0.1) is 11.8 Å². The highest BCUT2D eigenvalue weighted by atomic mass is 16.4. The number of hydrogen-bond donors (Lipinski definition) is 2. The third-order valence-corrected chi connectivity index (χ3v) is 3.32. The predicted molar refractivity (Wildman–Crippen MR) is 57.7 cm³/mol. The molecule has 86 valence electrons. The van der Waals surface area contributed by atoms with Gasteiger partial charge in [0.15, 0.2) is 0 Å². The second-order valence-corrected chi connectivity index (χ2v) is 4.27. The highest BCUT2D eigenvalue weighted by molar-refractivity contribution is 5.70. The van der Waals surface area contributed by atoms with Crippen molar-refractivity contribution in [2.75, 3.05) is 0 Å². The first-order chi connectivity index (χ1) is 7.70. The van der Waals surface area contributed by atoms with Crippen molar-refractivity contribution < 1.29 is 15.0 Å². The zero-order chi connectivity index (χ0) is 11.5. The van der Waals surface area contributed by atoms with Gasteiger partial charge in [0.1, 0.15) is 0 Å². The van der Waals surface area contributed by atoms with E-state index in [1.807, 2.05) is 0 Å². The molecule has 2 N–H and O–H groups in total. The number of nitrogens with zero attached hydrogens (tertiary/aromatic N) is 1. The summed E-state index contributed by atoms with van der Waals surface area (Å²) < 4.78 is 0. The van der Waals surface area contributed by atoms with Gasteiger partial charge in [0, 0.05) is 18.3 Å². The van der Waals surface area contributed by atoms with E-state index in [2.05, 4.69) is 4.98 Å². The van der Waals surface area contributed by atoms with Crippen LogP contribution in [0.25, 0.3) is 0 Å². The third-order valence-electron chi connectivity index (χ3n) is 3.32. The van der Waals surface area contributed by atoms with E-state index in [4.69, 9.17) is 5.11 Å². The zero-order valence-electron chi connectivity index (χ0n) is 8.91. The molecule has 0 bridgehead atoms. The Labute approximate surface area is 93.9 Å². The van der Waals surface area contributed by atoms with Crippen LogP contribution in [0.15, 0.2) is 24.5 Å². The van der Waals surface area contributed by atoms with Crippen LogP contribution in [0.1, 0.15) is 30.9 Å². The van der Waals surface area contributed by atoms with Gasteiger partial charge in [0.25, 0.3) is 0 Å². The minimum absolute atomic E-state index is 0.179. The van der Waals surface area contributed by atoms with Crippen LogP contribution in [0.4, 0.5) is 0 Å². The molecule has 3 atom stereocenters. The molecule has 0 saturated heterocycles. The zero-order valence-corrected chi connectivity index (χ0v) is 8.91. The third kappa shape index (κ3) is 2.07. The van der Waals surface area contributed by atoms with E-state index in [9.17, 15) is 9.90 Å². The van der Waals surface area contributed by atoms with Gasteiger partial charge in [0.2, 0.25) is 0 Å². The van der Waals surface area contributed by atoms with Crippen molar-refractivity contribution in [2.24, 2.45) is 11.8 Å². The summed E-state index contributed by atoms with van der Waals surface area (Å²) in [7, 11) is 0. The van der Waals surface area contributed by atoms with Gasteiger partial charge >= 0.3 is 5.97 Å². The van der Waals surface area contributed by atoms with Crippen molar-refractivity contribution in [3.63, 3.8) is 0 Å². The van der Waals surface area contributed by atoms with E-state index >= 15 is 0 Å². The Bertz CT molecular complexity index is 366. The molecule has 0 aliphatic heterocycles. The summed E-state index contributed by atoms with van der Waals surface area (Å²) in [6, 6.07) is 3.54. The summed E-state index contributed by atoms with van der Waals surface area (Å²) in [5.41, 5.74) is 0.709. The quantitative estimate of drug-likeness (QED) is 0.813. The maximum atomic E-state index is 11.0. The Morgan fingerprint density at radius 3 is 2.94 bits per heavy atom. The minimum atomic E-state index is -0.801. The second kappa shape index (κ2) is 4.61. The first-order valence-electron chi connectivity index (χ1n) is 5.51. The fourth-order valence-electron chi connectivity index (χ4n) is 2.47. The van der Waals surface area contributed by atoms with E-state index < -0.39 is 18.0 Å². The van der Waals surface area contributed by atoms with Crippen LogP contribution in [-0.4, -0.2) is 21.2 Å². The summed E-state index contributed by atoms with van der Waals surface area (Å²) in [5, 5.41) is 19.2. The first kappa shape index (κ1) is 11.1. The van der Waals surface area contributed by atoms with Gasteiger partial charge in [0.05, 0.1) is 12.0 Å². The highest BCUT2D eigenvalue weighted by Gasteiger charge is 2.37. The molecule has 2 rings (SSSR count). The molecule has 1 heterocycles. The summed E-state index contributed by atoms with van der Waals surface area (Å²) in [5.74, 6) is -1.40. The van der Waals surface area contributed by atoms with E-state index in [0.717, 1.165) is 12.8 Å². The molecule has 3 unspecified atom stereocenters. The van der Waals surface area contributed by atoms with Crippen molar-refractivity contribution in [1.82, 2.24) is 4.98 Å². The van der Waals surface area contributed by atoms with E-state index in [-0.39, 0.29) is 5.92 Å². The lowest BCUT2D eigenvalue weighted by Crippen LogP contribution is -2.23. The van der Waals surface area contributed by atoms with Crippen molar-refractivity contribution in [3.8, 4) is 0 Å². The van der Waals surface area contributed by atoms with Crippen LogP contribution >= 0.6 is 0 Å². The minimum Gasteiger partial charge on any atom is -0.481 e. The van der Waals surface area contributed by atoms with Crippen LogP contribution in [-0.2, 0) is 4.79 Å². The smallest absolute Gasteiger partial charge is 0.306 e. The Kier molecular flexibility index (Phi) is 3.19. The average Bonchev–Trinajstić information content (AvgIpc) is 2.78. The molecule has 1 aromatic rings. The van der Waals surface area contributed by atoms with Gasteiger partial charge in [-0.25, -0.2) is 0 Å². The number of aliphatic hydroxyl groups excluding tert-OH is 1. The highest BCUT2D eigenvalue weighted by Crippen LogP contribution is 2.40. The molecule has 0 amide bonds. The predicted octanol–water partition coefficient (Wildman–Crippen LogP) is 1.62. The van der Waals surface area contributed by atoms with Crippen LogP contribution in [0.3, 0.4) is 0 Å². The average molecular weight is 221 g/mol. The number of carbonyl (C=O) groups is 1. The number of rotatable bonds is 3. The standard InChI is InChI=1S/C12H15NO3/c14-11(8-3-2-6-13-7-8)9-4-1-5-10(9)12(15)16/h2-3,6-7,9-11,14H,1,4-5H2,(H,15,16). The number of pyridine rings is 1. The van der Waals surface area contributed by atoms with Gasteiger partial charge in [-0.1, -0.05) is 12.5 Å². The van der Waals surface area contributed by atoms with E-state index in [1.165, 1.54) is 0 Å². The van der Waals surface area contributed by atoms with Gasteiger partial charge in [-0.05, 0) is 24.5 Å². The molecule has 0 radical (unpaired) electrons. The molecule has 1 fully saturated rings. The van der Waals surface area contributed by atoms with Crippen molar-refractivity contribution in [3.05, 3.63) is 30.1 Å². The normalized spacial score (nSPS) is 26.6. The second-order valence-electron chi connectivity index (χ2n) is 4.27. The summed E-state index contributed by atoms with van der Waals surface area (Å²) in [4.78, 5) is 15.0. The van der Waals surface area contributed by atoms with E-state index in [1.54, 1.807) is 24.5 Å². The largest absolute Gasteiger partial charge is 0.481 e. The Morgan fingerprint density at radius 2 is 2.31 bits per heavy atom. The molecule has 1 aliphatic carbocycles. The van der Waals surface area contributed by atoms with Gasteiger partial charge in [-0.3, -0.25) is 9.78 Å². The van der Waals surface area contributed by atoms with Gasteiger partial charge < -0.3 is 10.2 Å². The van der Waals surface area contributed by atoms with Gasteiger partial charge in [-0.2, -0.15) is 0 Å². The lowest BCUT2D eigenvalue weighted by Gasteiger charge is -2.22. The molecule has 0 aromatic carbocycles. The summed E-state index contributed by atoms with van der Waals surface area (Å²) in [6.45, 7) is 0. The molecular formula is C12H15NO3. The summed E-state index contributed by atoms with van der Waals surface area (Å²) >= 11 is 0. The maximum absolute atomic E-state index is 11.0. The molecule has 4 nitrogen and oxygen atoms in total. The van der Waals surface area contributed by atoms with Crippen molar-refractivity contribution in [2.45, 2.75) is 25.4 Å². The van der Waals surface area contributed by atoms with Crippen molar-refractivity contribution in [1.29, 1.82) is 0 Å². The fourth-order valence-corrected chi connectivity index (χ4v) is 2.47. The van der Waals surface area contributed by atoms with Crippen LogP contribution in [0.2, 0.25) is 0 Å². The molecular weight excluding hydrogens is 206 g/mol. The Hall–Kier alpha value is -1.42.